The van der Waals surface area contributed by atoms with Crippen molar-refractivity contribution in [3.8, 4) is 11.6 Å². The van der Waals surface area contributed by atoms with Crippen molar-refractivity contribution in [1.82, 2.24) is 5.16 Å². The molecule has 0 saturated carbocycles. The van der Waals surface area contributed by atoms with Gasteiger partial charge in [0.1, 0.15) is 11.5 Å². The molecule has 1 aromatic heterocycles. The van der Waals surface area contributed by atoms with Crippen LogP contribution in [-0.2, 0) is 0 Å². The molecule has 3 nitrogen and oxygen atoms in total. The largest absolute Gasteiger partial charge is 0.435 e. The van der Waals surface area contributed by atoms with E-state index in [2.05, 4.69) is 37.0 Å². The minimum atomic E-state index is 0.450. The van der Waals surface area contributed by atoms with Crippen LogP contribution in [0.15, 0.2) is 37.7 Å². The zero-order valence-corrected chi connectivity index (χ0v) is 11.0. The van der Waals surface area contributed by atoms with E-state index in [4.69, 9.17) is 9.26 Å². The first-order valence-corrected chi connectivity index (χ1v) is 5.80. The van der Waals surface area contributed by atoms with Crippen LogP contribution >= 0.6 is 31.9 Å². The summed E-state index contributed by atoms with van der Waals surface area (Å²) in [6.45, 7) is 1.82. The van der Waals surface area contributed by atoms with Crippen molar-refractivity contribution < 1.29 is 9.26 Å². The minimum absolute atomic E-state index is 0.450. The molecule has 0 aliphatic heterocycles. The quantitative estimate of drug-likeness (QED) is 0.822. The van der Waals surface area contributed by atoms with Gasteiger partial charge in [0.05, 0.1) is 4.47 Å². The third-order valence-corrected chi connectivity index (χ3v) is 2.86. The maximum Gasteiger partial charge on any atom is 0.259 e. The highest BCUT2D eigenvalue weighted by Gasteiger charge is 2.06. The van der Waals surface area contributed by atoms with Crippen LogP contribution in [0.25, 0.3) is 0 Å². The summed E-state index contributed by atoms with van der Waals surface area (Å²) in [4.78, 5) is 0. The lowest BCUT2D eigenvalue weighted by Crippen LogP contribution is -1.85. The topological polar surface area (TPSA) is 35.3 Å². The normalized spacial score (nSPS) is 10.3. The maximum absolute atomic E-state index is 5.53. The predicted octanol–water partition coefficient (Wildman–Crippen LogP) is 4.30. The van der Waals surface area contributed by atoms with Crippen molar-refractivity contribution in [2.75, 3.05) is 0 Å². The Kier molecular flexibility index (Phi) is 3.11. The number of hydrogen-bond donors (Lipinski definition) is 0. The van der Waals surface area contributed by atoms with Gasteiger partial charge < -0.3 is 9.26 Å². The van der Waals surface area contributed by atoms with Crippen LogP contribution in [0, 0.1) is 6.92 Å². The van der Waals surface area contributed by atoms with Crippen LogP contribution < -0.4 is 4.74 Å². The van der Waals surface area contributed by atoms with Crippen LogP contribution in [0.2, 0.25) is 0 Å². The summed E-state index contributed by atoms with van der Waals surface area (Å²) in [6, 6.07) is 7.40. The van der Waals surface area contributed by atoms with Crippen molar-refractivity contribution in [3.63, 3.8) is 0 Å². The molecule has 0 unspecified atom stereocenters. The molecule has 0 bridgehead atoms. The summed E-state index contributed by atoms with van der Waals surface area (Å²) in [6.07, 6.45) is 0. The van der Waals surface area contributed by atoms with E-state index in [9.17, 15) is 0 Å². The Labute approximate surface area is 104 Å². The zero-order chi connectivity index (χ0) is 10.8. The highest BCUT2D eigenvalue weighted by atomic mass is 79.9. The number of benzene rings is 1. The highest BCUT2D eigenvalue weighted by molar-refractivity contribution is 9.11. The fraction of sp³-hybridized carbons (Fsp3) is 0.100. The van der Waals surface area contributed by atoms with E-state index < -0.39 is 0 Å². The van der Waals surface area contributed by atoms with E-state index >= 15 is 0 Å². The van der Waals surface area contributed by atoms with Crippen LogP contribution in [0.5, 0.6) is 11.6 Å². The van der Waals surface area contributed by atoms with Gasteiger partial charge in [0.2, 0.25) is 0 Å². The number of rotatable bonds is 2. The minimum Gasteiger partial charge on any atom is -0.435 e. The van der Waals surface area contributed by atoms with Gasteiger partial charge in [-0.1, -0.05) is 15.9 Å². The molecule has 0 aliphatic rings. The lowest BCUT2D eigenvalue weighted by atomic mass is 10.3. The zero-order valence-electron chi connectivity index (χ0n) is 7.83. The lowest BCUT2D eigenvalue weighted by Gasteiger charge is -2.03. The fourth-order valence-electron chi connectivity index (χ4n) is 1.06. The van der Waals surface area contributed by atoms with Crippen LogP contribution in [0.3, 0.4) is 0 Å². The molecule has 0 atom stereocenters. The number of halogens is 2. The standard InChI is InChI=1S/C10H7Br2NO2/c1-6-4-10(13-15-6)14-9-5-7(11)2-3-8(9)12/h2-5H,1H3. The lowest BCUT2D eigenvalue weighted by molar-refractivity contribution is 0.354. The second-order valence-electron chi connectivity index (χ2n) is 2.95. The van der Waals surface area contributed by atoms with Gasteiger partial charge in [0.15, 0.2) is 0 Å². The van der Waals surface area contributed by atoms with Crippen molar-refractivity contribution in [3.05, 3.63) is 39.0 Å². The molecule has 5 heteroatoms. The predicted molar refractivity (Wildman–Crippen MR) is 63.2 cm³/mol. The van der Waals surface area contributed by atoms with E-state index in [1.165, 1.54) is 0 Å². The average Bonchev–Trinajstić information content (AvgIpc) is 2.58. The monoisotopic (exact) mass is 331 g/mol. The molecule has 0 spiro atoms. The fourth-order valence-corrected chi connectivity index (χ4v) is 1.73. The first-order chi connectivity index (χ1) is 7.15. The molecule has 0 aliphatic carbocycles. The molecule has 78 valence electrons. The third kappa shape index (κ3) is 2.60. The molecule has 2 rings (SSSR count). The Morgan fingerprint density at radius 3 is 2.73 bits per heavy atom. The summed E-state index contributed by atoms with van der Waals surface area (Å²) in [7, 11) is 0. The van der Waals surface area contributed by atoms with Crippen molar-refractivity contribution in [2.24, 2.45) is 0 Å². The van der Waals surface area contributed by atoms with Crippen molar-refractivity contribution >= 4 is 31.9 Å². The van der Waals surface area contributed by atoms with Gasteiger partial charge in [-0.15, -0.1) is 0 Å². The van der Waals surface area contributed by atoms with E-state index in [0.717, 1.165) is 14.7 Å². The van der Waals surface area contributed by atoms with Gasteiger partial charge in [-0.2, -0.15) is 0 Å². The molecule has 0 radical (unpaired) electrons. The van der Waals surface area contributed by atoms with E-state index in [0.29, 0.717) is 11.6 Å². The number of aromatic nitrogens is 1. The number of hydrogen-bond acceptors (Lipinski definition) is 3. The smallest absolute Gasteiger partial charge is 0.259 e. The highest BCUT2D eigenvalue weighted by Crippen LogP contribution is 2.31. The average molecular weight is 333 g/mol. The number of aryl methyl sites for hydroxylation is 1. The summed E-state index contributed by atoms with van der Waals surface area (Å²) in [5.41, 5.74) is 0. The van der Waals surface area contributed by atoms with Gasteiger partial charge in [-0.05, 0) is 46.2 Å². The Bertz CT molecular complexity index is 482. The van der Waals surface area contributed by atoms with Gasteiger partial charge in [0.25, 0.3) is 5.88 Å². The van der Waals surface area contributed by atoms with Crippen LogP contribution in [0.1, 0.15) is 5.76 Å². The van der Waals surface area contributed by atoms with Crippen molar-refractivity contribution in [2.45, 2.75) is 6.92 Å². The molecule has 0 amide bonds. The molecule has 2 aromatic rings. The van der Waals surface area contributed by atoms with Crippen LogP contribution in [0.4, 0.5) is 0 Å². The maximum atomic E-state index is 5.53. The second-order valence-corrected chi connectivity index (χ2v) is 4.72. The summed E-state index contributed by atoms with van der Waals surface area (Å²) >= 11 is 6.76. The molecule has 1 aromatic carbocycles. The molecule has 15 heavy (non-hydrogen) atoms. The van der Waals surface area contributed by atoms with Crippen LogP contribution in [-0.4, -0.2) is 5.16 Å². The van der Waals surface area contributed by atoms with E-state index in [-0.39, 0.29) is 0 Å². The first kappa shape index (κ1) is 10.7. The molecule has 0 saturated heterocycles. The second kappa shape index (κ2) is 4.37. The summed E-state index contributed by atoms with van der Waals surface area (Å²) < 4.78 is 12.2. The van der Waals surface area contributed by atoms with Gasteiger partial charge in [0, 0.05) is 10.5 Å². The Hall–Kier alpha value is -0.810. The first-order valence-electron chi connectivity index (χ1n) is 4.21. The van der Waals surface area contributed by atoms with E-state index in [1.807, 2.05) is 25.1 Å². The third-order valence-electron chi connectivity index (χ3n) is 1.71. The Balaban J connectivity index is 2.27. The summed E-state index contributed by atoms with van der Waals surface area (Å²) in [5.74, 6) is 1.86. The number of ether oxygens (including phenoxy) is 1. The van der Waals surface area contributed by atoms with Crippen molar-refractivity contribution in [1.29, 1.82) is 0 Å². The molecule has 1 heterocycles. The molecule has 0 N–H and O–H groups in total. The van der Waals surface area contributed by atoms with Gasteiger partial charge in [-0.25, -0.2) is 0 Å². The summed E-state index contributed by atoms with van der Waals surface area (Å²) in [5, 5.41) is 3.75. The molecular weight excluding hydrogens is 326 g/mol. The SMILES string of the molecule is Cc1cc(Oc2cc(Br)ccc2Br)no1. The van der Waals surface area contributed by atoms with E-state index in [1.54, 1.807) is 6.07 Å². The number of nitrogens with zero attached hydrogens (tertiary/aromatic N) is 1. The molecular formula is C10H7Br2NO2. The molecule has 0 fully saturated rings. The van der Waals surface area contributed by atoms with Gasteiger partial charge >= 0.3 is 0 Å². The van der Waals surface area contributed by atoms with Gasteiger partial charge in [-0.3, -0.25) is 0 Å². The Morgan fingerprint density at radius 1 is 1.27 bits per heavy atom. The Morgan fingerprint density at radius 2 is 2.07 bits per heavy atom.